The Labute approximate surface area is 114 Å². The van der Waals surface area contributed by atoms with Gasteiger partial charge in [0, 0.05) is 36.5 Å². The summed E-state index contributed by atoms with van der Waals surface area (Å²) in [6, 6.07) is 4.34. The van der Waals surface area contributed by atoms with E-state index in [1.54, 1.807) is 0 Å². The minimum atomic E-state index is 0.291. The van der Waals surface area contributed by atoms with Gasteiger partial charge in [-0.25, -0.2) is 0 Å². The third-order valence-corrected chi connectivity index (χ3v) is 4.43. The van der Waals surface area contributed by atoms with Crippen LogP contribution >= 0.6 is 11.3 Å². The standard InChI is InChI=1S/C14H24N2OS/c1-15-10-14(6-4-7-17-12-14)11-16(2)9-13-5-3-8-18-13/h3,5,8,15H,4,6-7,9-12H2,1-2H3. The summed E-state index contributed by atoms with van der Waals surface area (Å²) in [6.07, 6.45) is 2.46. The maximum absolute atomic E-state index is 5.71. The zero-order valence-electron chi connectivity index (χ0n) is 11.4. The first-order chi connectivity index (χ1) is 8.74. The highest BCUT2D eigenvalue weighted by Crippen LogP contribution is 2.29. The van der Waals surface area contributed by atoms with E-state index in [4.69, 9.17) is 4.74 Å². The molecule has 0 aliphatic carbocycles. The molecule has 1 atom stereocenters. The molecule has 1 aliphatic rings. The highest BCUT2D eigenvalue weighted by molar-refractivity contribution is 7.09. The molecule has 102 valence electrons. The molecule has 1 aromatic heterocycles. The van der Waals surface area contributed by atoms with E-state index in [1.165, 1.54) is 17.7 Å². The van der Waals surface area contributed by atoms with Gasteiger partial charge < -0.3 is 15.0 Å². The average molecular weight is 268 g/mol. The second kappa shape index (κ2) is 6.66. The lowest BCUT2D eigenvalue weighted by Crippen LogP contribution is -2.47. The fraction of sp³-hybridized carbons (Fsp3) is 0.714. The number of nitrogens with one attached hydrogen (secondary N) is 1. The van der Waals surface area contributed by atoms with Crippen LogP contribution in [-0.2, 0) is 11.3 Å². The van der Waals surface area contributed by atoms with E-state index in [2.05, 4.69) is 34.8 Å². The predicted octanol–water partition coefficient (Wildman–Crippen LogP) is 2.20. The van der Waals surface area contributed by atoms with Crippen LogP contribution in [0.15, 0.2) is 17.5 Å². The summed E-state index contributed by atoms with van der Waals surface area (Å²) in [7, 11) is 4.25. The van der Waals surface area contributed by atoms with Crippen LogP contribution in [0.1, 0.15) is 17.7 Å². The van der Waals surface area contributed by atoms with Crippen molar-refractivity contribution >= 4 is 11.3 Å². The molecule has 2 heterocycles. The topological polar surface area (TPSA) is 24.5 Å². The summed E-state index contributed by atoms with van der Waals surface area (Å²) in [5, 5.41) is 5.49. The zero-order chi connectivity index (χ0) is 12.8. The average Bonchev–Trinajstić information content (AvgIpc) is 2.83. The second-order valence-electron chi connectivity index (χ2n) is 5.44. The van der Waals surface area contributed by atoms with Crippen LogP contribution in [0.25, 0.3) is 0 Å². The van der Waals surface area contributed by atoms with Crippen molar-refractivity contribution in [1.82, 2.24) is 10.2 Å². The van der Waals surface area contributed by atoms with Crippen molar-refractivity contribution in [1.29, 1.82) is 0 Å². The van der Waals surface area contributed by atoms with Gasteiger partial charge in [-0.15, -0.1) is 11.3 Å². The van der Waals surface area contributed by atoms with E-state index >= 15 is 0 Å². The maximum Gasteiger partial charge on any atom is 0.0546 e. The quantitative estimate of drug-likeness (QED) is 0.856. The second-order valence-corrected chi connectivity index (χ2v) is 6.47. The Balaban J connectivity index is 1.91. The van der Waals surface area contributed by atoms with Gasteiger partial charge in [-0.05, 0) is 38.4 Å². The van der Waals surface area contributed by atoms with Crippen LogP contribution in [0.5, 0.6) is 0 Å². The Bertz CT molecular complexity index is 328. The molecule has 0 saturated carbocycles. The molecule has 1 N–H and O–H groups in total. The molecular formula is C14H24N2OS. The van der Waals surface area contributed by atoms with E-state index in [0.717, 1.165) is 32.8 Å². The van der Waals surface area contributed by atoms with E-state index in [9.17, 15) is 0 Å². The van der Waals surface area contributed by atoms with Crippen molar-refractivity contribution < 1.29 is 4.74 Å². The molecule has 0 amide bonds. The van der Waals surface area contributed by atoms with Gasteiger partial charge in [0.2, 0.25) is 0 Å². The summed E-state index contributed by atoms with van der Waals surface area (Å²) in [5.41, 5.74) is 0.291. The highest BCUT2D eigenvalue weighted by atomic mass is 32.1. The molecule has 0 aromatic carbocycles. The number of ether oxygens (including phenoxy) is 1. The Morgan fingerprint density at radius 3 is 3.06 bits per heavy atom. The first kappa shape index (κ1) is 14.0. The largest absolute Gasteiger partial charge is 0.381 e. The van der Waals surface area contributed by atoms with E-state index < -0.39 is 0 Å². The SMILES string of the molecule is CNCC1(CN(C)Cc2cccs2)CCCOC1. The van der Waals surface area contributed by atoms with Gasteiger partial charge >= 0.3 is 0 Å². The molecule has 1 unspecified atom stereocenters. The van der Waals surface area contributed by atoms with Crippen molar-refractivity contribution in [2.75, 3.05) is 40.4 Å². The highest BCUT2D eigenvalue weighted by Gasteiger charge is 2.33. The van der Waals surface area contributed by atoms with Crippen LogP contribution < -0.4 is 5.32 Å². The van der Waals surface area contributed by atoms with E-state index in [0.29, 0.717) is 5.41 Å². The minimum absolute atomic E-state index is 0.291. The fourth-order valence-electron chi connectivity index (χ4n) is 2.90. The molecular weight excluding hydrogens is 244 g/mol. The van der Waals surface area contributed by atoms with Crippen LogP contribution in [0.2, 0.25) is 0 Å². The molecule has 3 nitrogen and oxygen atoms in total. The van der Waals surface area contributed by atoms with Gasteiger partial charge in [0.05, 0.1) is 6.61 Å². The lowest BCUT2D eigenvalue weighted by atomic mass is 9.82. The van der Waals surface area contributed by atoms with Gasteiger partial charge in [-0.3, -0.25) is 0 Å². The number of thiophene rings is 1. The normalized spacial score (nSPS) is 24.6. The van der Waals surface area contributed by atoms with Crippen LogP contribution in [0, 0.1) is 5.41 Å². The van der Waals surface area contributed by atoms with E-state index in [1.807, 2.05) is 18.4 Å². The minimum Gasteiger partial charge on any atom is -0.381 e. The molecule has 1 fully saturated rings. The molecule has 18 heavy (non-hydrogen) atoms. The molecule has 0 spiro atoms. The van der Waals surface area contributed by atoms with Crippen molar-refractivity contribution in [3.8, 4) is 0 Å². The molecule has 0 bridgehead atoms. The van der Waals surface area contributed by atoms with Gasteiger partial charge in [-0.2, -0.15) is 0 Å². The summed E-state index contributed by atoms with van der Waals surface area (Å²) >= 11 is 1.84. The van der Waals surface area contributed by atoms with Crippen molar-refractivity contribution in [2.24, 2.45) is 5.41 Å². The van der Waals surface area contributed by atoms with Gasteiger partial charge in [-0.1, -0.05) is 6.07 Å². The maximum atomic E-state index is 5.71. The number of hydrogen-bond acceptors (Lipinski definition) is 4. The van der Waals surface area contributed by atoms with Crippen molar-refractivity contribution in [3.05, 3.63) is 22.4 Å². The third kappa shape index (κ3) is 3.79. The fourth-order valence-corrected chi connectivity index (χ4v) is 3.69. The van der Waals surface area contributed by atoms with Crippen LogP contribution in [0.4, 0.5) is 0 Å². The molecule has 4 heteroatoms. The van der Waals surface area contributed by atoms with Crippen molar-refractivity contribution in [3.63, 3.8) is 0 Å². The Morgan fingerprint density at radius 1 is 1.56 bits per heavy atom. The first-order valence-corrected chi connectivity index (χ1v) is 7.55. The number of nitrogens with zero attached hydrogens (tertiary/aromatic N) is 1. The molecule has 1 saturated heterocycles. The molecule has 1 aliphatic heterocycles. The van der Waals surface area contributed by atoms with E-state index in [-0.39, 0.29) is 0 Å². The van der Waals surface area contributed by atoms with Crippen molar-refractivity contribution in [2.45, 2.75) is 19.4 Å². The van der Waals surface area contributed by atoms with Gasteiger partial charge in [0.15, 0.2) is 0 Å². The zero-order valence-corrected chi connectivity index (χ0v) is 12.3. The summed E-state index contributed by atoms with van der Waals surface area (Å²) in [6.45, 7) is 5.01. The summed E-state index contributed by atoms with van der Waals surface area (Å²) in [4.78, 5) is 3.87. The molecule has 1 aromatic rings. The Hall–Kier alpha value is -0.420. The lowest BCUT2D eigenvalue weighted by Gasteiger charge is -2.39. The number of rotatable bonds is 6. The Kier molecular flexibility index (Phi) is 5.18. The number of hydrogen-bond donors (Lipinski definition) is 1. The molecule has 0 radical (unpaired) electrons. The third-order valence-electron chi connectivity index (χ3n) is 3.57. The first-order valence-electron chi connectivity index (χ1n) is 6.67. The van der Waals surface area contributed by atoms with Gasteiger partial charge in [0.25, 0.3) is 0 Å². The summed E-state index contributed by atoms with van der Waals surface area (Å²) in [5.74, 6) is 0. The monoisotopic (exact) mass is 268 g/mol. The lowest BCUT2D eigenvalue weighted by molar-refractivity contribution is -0.0227. The predicted molar refractivity (Wildman–Crippen MR) is 77.1 cm³/mol. The van der Waals surface area contributed by atoms with Gasteiger partial charge in [0.1, 0.15) is 0 Å². The summed E-state index contributed by atoms with van der Waals surface area (Å²) < 4.78 is 5.71. The smallest absolute Gasteiger partial charge is 0.0546 e. The molecule has 2 rings (SSSR count). The van der Waals surface area contributed by atoms with Crippen LogP contribution in [-0.4, -0.2) is 45.3 Å². The van der Waals surface area contributed by atoms with Crippen LogP contribution in [0.3, 0.4) is 0 Å². The Morgan fingerprint density at radius 2 is 2.44 bits per heavy atom.